The molecule has 0 heterocycles. The Morgan fingerprint density at radius 2 is 1.27 bits per heavy atom. The monoisotopic (exact) mass is 232 g/mol. The smallest absolute Gasteiger partial charge is 0.252 e. The minimum Gasteiger partial charge on any atom is -0.252 e. The van der Waals surface area contributed by atoms with E-state index in [2.05, 4.69) is 46.5 Å². The maximum atomic E-state index is 9.92. The standard InChI is InChI=1S/C8H10.C2H6O4S/c1-7-5-3-4-6-8(7)2;1-5-7(3,4)6-2/h3-6H,1-2H3;1-2H3. The second-order valence-corrected chi connectivity index (χ2v) is 4.31. The van der Waals surface area contributed by atoms with Crippen LogP contribution in [-0.2, 0) is 18.8 Å². The van der Waals surface area contributed by atoms with Gasteiger partial charge in [0.05, 0.1) is 14.2 Å². The summed E-state index contributed by atoms with van der Waals surface area (Å²) < 4.78 is 27.5. The molecule has 0 bridgehead atoms. The van der Waals surface area contributed by atoms with Crippen molar-refractivity contribution in [1.82, 2.24) is 0 Å². The van der Waals surface area contributed by atoms with Gasteiger partial charge in [-0.1, -0.05) is 24.3 Å². The van der Waals surface area contributed by atoms with Crippen LogP contribution in [0.15, 0.2) is 24.3 Å². The largest absolute Gasteiger partial charge is 0.399 e. The Bertz CT molecular complexity index is 353. The van der Waals surface area contributed by atoms with Crippen LogP contribution in [-0.4, -0.2) is 22.6 Å². The molecule has 0 saturated heterocycles. The molecule has 0 aliphatic heterocycles. The first-order chi connectivity index (χ1) is 6.93. The van der Waals surface area contributed by atoms with E-state index >= 15 is 0 Å². The van der Waals surface area contributed by atoms with Gasteiger partial charge in [-0.3, -0.25) is 8.37 Å². The minimum absolute atomic E-state index is 1.03. The summed E-state index contributed by atoms with van der Waals surface area (Å²) in [6, 6.07) is 8.36. The van der Waals surface area contributed by atoms with E-state index in [4.69, 9.17) is 0 Å². The highest BCUT2D eigenvalue weighted by Gasteiger charge is 2.01. The van der Waals surface area contributed by atoms with E-state index in [1.165, 1.54) is 11.1 Å². The maximum Gasteiger partial charge on any atom is 0.399 e. The molecule has 15 heavy (non-hydrogen) atoms. The molecule has 0 radical (unpaired) electrons. The van der Waals surface area contributed by atoms with E-state index in [1.54, 1.807) is 0 Å². The van der Waals surface area contributed by atoms with Gasteiger partial charge in [0.25, 0.3) is 0 Å². The quantitative estimate of drug-likeness (QED) is 0.780. The van der Waals surface area contributed by atoms with Gasteiger partial charge >= 0.3 is 10.4 Å². The molecule has 86 valence electrons. The Balaban J connectivity index is 0.000000265. The Kier molecular flexibility index (Phi) is 6.15. The maximum absolute atomic E-state index is 9.92. The first-order valence-electron chi connectivity index (χ1n) is 4.31. The highest BCUT2D eigenvalue weighted by molar-refractivity contribution is 7.81. The summed E-state index contributed by atoms with van der Waals surface area (Å²) in [6.45, 7) is 4.24. The highest BCUT2D eigenvalue weighted by atomic mass is 32.3. The molecule has 0 amide bonds. The van der Waals surface area contributed by atoms with E-state index in [0.717, 1.165) is 14.2 Å². The fraction of sp³-hybridized carbons (Fsp3) is 0.400. The third-order valence-electron chi connectivity index (χ3n) is 1.83. The average Bonchev–Trinajstić information content (AvgIpc) is 2.23. The van der Waals surface area contributed by atoms with E-state index < -0.39 is 10.4 Å². The third kappa shape index (κ3) is 6.22. The van der Waals surface area contributed by atoms with Gasteiger partial charge in [-0.2, -0.15) is 8.42 Å². The zero-order chi connectivity index (χ0) is 11.9. The van der Waals surface area contributed by atoms with Crippen molar-refractivity contribution < 1.29 is 16.8 Å². The second-order valence-electron chi connectivity index (χ2n) is 2.83. The minimum atomic E-state index is -3.66. The van der Waals surface area contributed by atoms with Crippen molar-refractivity contribution in [2.75, 3.05) is 14.2 Å². The molecule has 0 unspecified atom stereocenters. The Morgan fingerprint density at radius 1 is 0.933 bits per heavy atom. The van der Waals surface area contributed by atoms with Crippen LogP contribution < -0.4 is 0 Å². The predicted molar refractivity (Wildman–Crippen MR) is 58.9 cm³/mol. The van der Waals surface area contributed by atoms with Gasteiger partial charge < -0.3 is 0 Å². The van der Waals surface area contributed by atoms with Crippen molar-refractivity contribution in [2.45, 2.75) is 13.8 Å². The average molecular weight is 232 g/mol. The van der Waals surface area contributed by atoms with Crippen molar-refractivity contribution in [3.8, 4) is 0 Å². The SMILES string of the molecule is COS(=O)(=O)OC.Cc1ccccc1C. The molecular weight excluding hydrogens is 216 g/mol. The first-order valence-corrected chi connectivity index (χ1v) is 5.64. The summed E-state index contributed by atoms with van der Waals surface area (Å²) in [5.74, 6) is 0. The summed E-state index contributed by atoms with van der Waals surface area (Å²) in [4.78, 5) is 0. The lowest BCUT2D eigenvalue weighted by Gasteiger charge is -1.93. The van der Waals surface area contributed by atoms with Crippen molar-refractivity contribution in [1.29, 1.82) is 0 Å². The molecule has 0 N–H and O–H groups in total. The molecule has 0 aromatic heterocycles. The molecule has 0 atom stereocenters. The predicted octanol–water partition coefficient (Wildman–Crippen LogP) is 1.83. The van der Waals surface area contributed by atoms with E-state index in [1.807, 2.05) is 0 Å². The first kappa shape index (κ1) is 14.1. The molecular formula is C10H16O4S. The second kappa shape index (κ2) is 6.55. The van der Waals surface area contributed by atoms with Gasteiger partial charge in [0, 0.05) is 0 Å². The molecule has 5 heteroatoms. The molecule has 4 nitrogen and oxygen atoms in total. The van der Waals surface area contributed by atoms with E-state index in [-0.39, 0.29) is 0 Å². The fourth-order valence-corrected chi connectivity index (χ4v) is 0.867. The van der Waals surface area contributed by atoms with E-state index in [9.17, 15) is 8.42 Å². The van der Waals surface area contributed by atoms with Gasteiger partial charge in [0.2, 0.25) is 0 Å². The van der Waals surface area contributed by atoms with Crippen LogP contribution in [0.1, 0.15) is 11.1 Å². The van der Waals surface area contributed by atoms with Crippen LogP contribution in [0.25, 0.3) is 0 Å². The van der Waals surface area contributed by atoms with Crippen molar-refractivity contribution in [3.05, 3.63) is 35.4 Å². The van der Waals surface area contributed by atoms with Gasteiger partial charge in [0.1, 0.15) is 0 Å². The lowest BCUT2D eigenvalue weighted by molar-refractivity contribution is 0.286. The Hall–Kier alpha value is -0.910. The summed E-state index contributed by atoms with van der Waals surface area (Å²) >= 11 is 0. The topological polar surface area (TPSA) is 52.6 Å². The highest BCUT2D eigenvalue weighted by Crippen LogP contribution is 2.02. The summed E-state index contributed by atoms with van der Waals surface area (Å²) in [5.41, 5.74) is 2.74. The Morgan fingerprint density at radius 3 is 1.40 bits per heavy atom. The third-order valence-corrected chi connectivity index (χ3v) is 2.65. The van der Waals surface area contributed by atoms with Crippen LogP contribution in [0.3, 0.4) is 0 Å². The van der Waals surface area contributed by atoms with Gasteiger partial charge in [0.15, 0.2) is 0 Å². The summed E-state index contributed by atoms with van der Waals surface area (Å²) in [5, 5.41) is 0. The van der Waals surface area contributed by atoms with Gasteiger partial charge in [-0.05, 0) is 25.0 Å². The lowest BCUT2D eigenvalue weighted by Crippen LogP contribution is -2.02. The lowest BCUT2D eigenvalue weighted by atomic mass is 10.1. The fourth-order valence-electron chi connectivity index (χ4n) is 0.731. The van der Waals surface area contributed by atoms with E-state index in [0.29, 0.717) is 0 Å². The Labute approximate surface area is 91.2 Å². The number of hydrogen-bond acceptors (Lipinski definition) is 4. The van der Waals surface area contributed by atoms with Crippen molar-refractivity contribution in [3.63, 3.8) is 0 Å². The van der Waals surface area contributed by atoms with Crippen LogP contribution >= 0.6 is 0 Å². The van der Waals surface area contributed by atoms with Crippen LogP contribution in [0.2, 0.25) is 0 Å². The molecule has 0 aliphatic rings. The normalized spacial score (nSPS) is 10.4. The molecule has 0 aliphatic carbocycles. The number of rotatable bonds is 2. The van der Waals surface area contributed by atoms with Crippen LogP contribution in [0, 0.1) is 13.8 Å². The zero-order valence-corrected chi connectivity index (χ0v) is 10.2. The van der Waals surface area contributed by atoms with Crippen LogP contribution in [0.5, 0.6) is 0 Å². The zero-order valence-electron chi connectivity index (χ0n) is 9.35. The molecule has 0 saturated carbocycles. The molecule has 1 aromatic carbocycles. The molecule has 1 rings (SSSR count). The summed E-state index contributed by atoms with van der Waals surface area (Å²) in [7, 11) is -1.60. The van der Waals surface area contributed by atoms with Gasteiger partial charge in [-0.15, -0.1) is 0 Å². The van der Waals surface area contributed by atoms with Crippen LogP contribution in [0.4, 0.5) is 0 Å². The summed E-state index contributed by atoms with van der Waals surface area (Å²) in [6.07, 6.45) is 0. The number of aryl methyl sites for hydroxylation is 2. The van der Waals surface area contributed by atoms with Crippen molar-refractivity contribution in [2.24, 2.45) is 0 Å². The van der Waals surface area contributed by atoms with Crippen molar-refractivity contribution >= 4 is 10.4 Å². The molecule has 0 fully saturated rings. The van der Waals surface area contributed by atoms with Gasteiger partial charge in [-0.25, -0.2) is 0 Å². The number of benzene rings is 1. The molecule has 1 aromatic rings. The number of hydrogen-bond donors (Lipinski definition) is 0. The molecule has 0 spiro atoms.